The molecular formula is C35H52FN7O4. The van der Waals surface area contributed by atoms with Crippen molar-refractivity contribution in [3.05, 3.63) is 47.5 Å². The molecule has 2 heterocycles. The zero-order valence-corrected chi connectivity index (χ0v) is 28.9. The minimum absolute atomic E-state index is 0.0184. The van der Waals surface area contributed by atoms with Gasteiger partial charge in [-0.25, -0.2) is 4.39 Å². The molecule has 0 bridgehead atoms. The van der Waals surface area contributed by atoms with E-state index in [1.54, 1.807) is 41.8 Å². The molecule has 2 fully saturated rings. The summed E-state index contributed by atoms with van der Waals surface area (Å²) in [6, 6.07) is 4.65. The smallest absolute Gasteiger partial charge is 0.270 e. The highest BCUT2D eigenvalue weighted by molar-refractivity contribution is 6.00. The molecule has 2 aromatic rings. The summed E-state index contributed by atoms with van der Waals surface area (Å²) in [4.78, 5) is 57.3. The summed E-state index contributed by atoms with van der Waals surface area (Å²) in [6.45, 7) is 13.3. The quantitative estimate of drug-likeness (QED) is 0.334. The lowest BCUT2D eigenvalue weighted by atomic mass is 9.79. The van der Waals surface area contributed by atoms with Gasteiger partial charge in [-0.3, -0.25) is 28.8 Å². The van der Waals surface area contributed by atoms with Crippen molar-refractivity contribution in [1.29, 1.82) is 0 Å². The predicted octanol–water partition coefficient (Wildman–Crippen LogP) is 4.15. The molecule has 1 aliphatic carbocycles. The third-order valence-electron chi connectivity index (χ3n) is 10.2. The number of benzene rings is 1. The van der Waals surface area contributed by atoms with E-state index >= 15 is 4.39 Å². The third-order valence-corrected chi connectivity index (χ3v) is 10.2. The van der Waals surface area contributed by atoms with Crippen molar-refractivity contribution in [3.63, 3.8) is 0 Å². The van der Waals surface area contributed by atoms with Gasteiger partial charge in [0.25, 0.3) is 5.91 Å². The van der Waals surface area contributed by atoms with Gasteiger partial charge in [-0.15, -0.1) is 0 Å². The maximum atomic E-state index is 15.7. The molecule has 0 radical (unpaired) electrons. The number of likely N-dealkylation sites (N-methyl/N-ethyl adjacent to an activating group) is 1. The molecule has 5 atom stereocenters. The monoisotopic (exact) mass is 653 g/mol. The van der Waals surface area contributed by atoms with E-state index in [-0.39, 0.29) is 41.9 Å². The van der Waals surface area contributed by atoms with Gasteiger partial charge in [0.2, 0.25) is 17.7 Å². The van der Waals surface area contributed by atoms with Crippen molar-refractivity contribution >= 4 is 29.3 Å². The molecule has 4 amide bonds. The molecule has 3 N–H and O–H groups in total. The van der Waals surface area contributed by atoms with Gasteiger partial charge in [-0.1, -0.05) is 39.7 Å². The van der Waals surface area contributed by atoms with Gasteiger partial charge in [0.05, 0.1) is 5.69 Å². The average Bonchev–Trinajstić information content (AvgIpc) is 3.54. The van der Waals surface area contributed by atoms with Crippen LogP contribution in [-0.2, 0) is 20.9 Å². The van der Waals surface area contributed by atoms with Gasteiger partial charge < -0.3 is 20.9 Å². The number of aromatic nitrogens is 2. The molecular weight excluding hydrogens is 601 g/mol. The number of rotatable bonds is 11. The summed E-state index contributed by atoms with van der Waals surface area (Å²) < 4.78 is 17.3. The van der Waals surface area contributed by atoms with Crippen LogP contribution in [0, 0.1) is 17.7 Å². The maximum Gasteiger partial charge on any atom is 0.270 e. The minimum atomic E-state index is -0.880. The van der Waals surface area contributed by atoms with Crippen LogP contribution < -0.4 is 16.0 Å². The number of hydrogen-bond acceptors (Lipinski definition) is 6. The van der Waals surface area contributed by atoms with Gasteiger partial charge in [0.15, 0.2) is 0 Å². The standard InChI is InChI=1S/C35H52FN7O4/c1-8-30(44)39-31(35(47)42-19-22(4)41(7)23(5)20-42)24(6)26-14-15-28(27(36)18-26)38-34(46)32(25-12-10-21(3)11-13-25)40-33(45)29-16-17-37-43(29)9-2/h14-18,21-25,31-32H,8-13,19-20H2,1-7H3,(H,38,46)(H,39,44)(H,40,45)/t21?,22-,23+,24-,25?,31+,32-/m0/s1. The molecule has 1 aliphatic heterocycles. The molecule has 0 spiro atoms. The SMILES string of the molecule is CCC(=O)N[C@@H](C(=O)N1C[C@@H](C)N(C)[C@@H](C)C1)[C@@H](C)c1ccc(NC(=O)[C@@H](NC(=O)c2ccnn2CC)C2CCC(C)CC2)c(F)c1. The molecule has 258 valence electrons. The summed E-state index contributed by atoms with van der Waals surface area (Å²) in [5, 5.41) is 12.7. The number of piperazine rings is 1. The number of carbonyl (C=O) groups excluding carboxylic acids is 4. The van der Waals surface area contributed by atoms with E-state index in [1.165, 1.54) is 12.1 Å². The third kappa shape index (κ3) is 8.57. The maximum absolute atomic E-state index is 15.7. The van der Waals surface area contributed by atoms with E-state index in [0.29, 0.717) is 36.8 Å². The normalized spacial score (nSPS) is 23.8. The van der Waals surface area contributed by atoms with Gasteiger partial charge in [0.1, 0.15) is 23.6 Å². The Morgan fingerprint density at radius 1 is 0.979 bits per heavy atom. The fraction of sp³-hybridized carbons (Fsp3) is 0.629. The lowest BCUT2D eigenvalue weighted by molar-refractivity contribution is -0.140. The van der Waals surface area contributed by atoms with Crippen LogP contribution in [0.15, 0.2) is 30.5 Å². The van der Waals surface area contributed by atoms with Crippen molar-refractivity contribution in [3.8, 4) is 0 Å². The largest absolute Gasteiger partial charge is 0.344 e. The predicted molar refractivity (Wildman–Crippen MR) is 179 cm³/mol. The van der Waals surface area contributed by atoms with E-state index in [2.05, 4.69) is 46.7 Å². The Kier molecular flexibility index (Phi) is 12.2. The first-order chi connectivity index (χ1) is 22.3. The minimum Gasteiger partial charge on any atom is -0.344 e. The Hall–Kier alpha value is -3.80. The van der Waals surface area contributed by atoms with Gasteiger partial charge in [-0.2, -0.15) is 5.10 Å². The second-order valence-electron chi connectivity index (χ2n) is 13.5. The molecule has 1 aromatic heterocycles. The van der Waals surface area contributed by atoms with Crippen molar-refractivity contribution in [2.45, 2.75) is 110 Å². The van der Waals surface area contributed by atoms with E-state index in [4.69, 9.17) is 0 Å². The van der Waals surface area contributed by atoms with Gasteiger partial charge in [-0.05, 0) is 76.3 Å². The number of carbonyl (C=O) groups is 4. The van der Waals surface area contributed by atoms with Crippen LogP contribution in [0.3, 0.4) is 0 Å². The number of aryl methyl sites for hydroxylation is 1. The highest BCUT2D eigenvalue weighted by Gasteiger charge is 2.37. The average molecular weight is 654 g/mol. The molecule has 47 heavy (non-hydrogen) atoms. The summed E-state index contributed by atoms with van der Waals surface area (Å²) >= 11 is 0. The Labute approximate surface area is 278 Å². The lowest BCUT2D eigenvalue weighted by Crippen LogP contribution is -2.60. The Morgan fingerprint density at radius 2 is 1.64 bits per heavy atom. The Morgan fingerprint density at radius 3 is 2.23 bits per heavy atom. The van der Waals surface area contributed by atoms with Crippen LogP contribution >= 0.6 is 0 Å². The molecule has 1 aromatic carbocycles. The number of anilines is 1. The number of halogens is 1. The zero-order chi connectivity index (χ0) is 34.4. The van der Waals surface area contributed by atoms with Crippen LogP contribution in [0.1, 0.15) is 95.6 Å². The van der Waals surface area contributed by atoms with Crippen molar-refractivity contribution in [2.75, 3.05) is 25.5 Å². The fourth-order valence-corrected chi connectivity index (χ4v) is 6.79. The fourth-order valence-electron chi connectivity index (χ4n) is 6.79. The Balaban J connectivity index is 1.53. The van der Waals surface area contributed by atoms with Crippen molar-refractivity contribution in [2.24, 2.45) is 11.8 Å². The number of nitrogens with zero attached hydrogens (tertiary/aromatic N) is 4. The molecule has 4 rings (SSSR count). The lowest BCUT2D eigenvalue weighted by Gasteiger charge is -2.44. The topological polar surface area (TPSA) is 129 Å². The number of hydrogen-bond donors (Lipinski definition) is 3. The van der Waals surface area contributed by atoms with E-state index < -0.39 is 35.6 Å². The second kappa shape index (κ2) is 15.9. The van der Waals surface area contributed by atoms with Crippen LogP contribution in [-0.4, -0.2) is 87.5 Å². The first-order valence-electron chi connectivity index (χ1n) is 17.1. The summed E-state index contributed by atoms with van der Waals surface area (Å²) in [5.41, 5.74) is 0.860. The van der Waals surface area contributed by atoms with E-state index in [9.17, 15) is 19.2 Å². The summed E-state index contributed by atoms with van der Waals surface area (Å²) in [7, 11) is 2.03. The van der Waals surface area contributed by atoms with Gasteiger partial charge >= 0.3 is 0 Å². The summed E-state index contributed by atoms with van der Waals surface area (Å²) in [6.07, 6.45) is 5.19. The van der Waals surface area contributed by atoms with E-state index in [0.717, 1.165) is 25.7 Å². The van der Waals surface area contributed by atoms with Crippen molar-refractivity contribution in [1.82, 2.24) is 30.2 Å². The van der Waals surface area contributed by atoms with Crippen LogP contribution in [0.25, 0.3) is 0 Å². The van der Waals surface area contributed by atoms with Crippen LogP contribution in [0.4, 0.5) is 10.1 Å². The van der Waals surface area contributed by atoms with Gasteiger partial charge in [0, 0.05) is 50.3 Å². The number of nitrogens with one attached hydrogen (secondary N) is 3. The molecule has 11 nitrogen and oxygen atoms in total. The molecule has 1 saturated heterocycles. The van der Waals surface area contributed by atoms with Crippen LogP contribution in [0.2, 0.25) is 0 Å². The highest BCUT2D eigenvalue weighted by atomic mass is 19.1. The number of amides is 4. The second-order valence-corrected chi connectivity index (χ2v) is 13.5. The molecule has 1 saturated carbocycles. The van der Waals surface area contributed by atoms with Crippen molar-refractivity contribution < 1.29 is 23.6 Å². The first kappa shape index (κ1) is 36.0. The molecule has 12 heteroatoms. The first-order valence-corrected chi connectivity index (χ1v) is 17.1. The van der Waals surface area contributed by atoms with Crippen LogP contribution in [0.5, 0.6) is 0 Å². The molecule has 0 unspecified atom stereocenters. The highest BCUT2D eigenvalue weighted by Crippen LogP contribution is 2.32. The zero-order valence-electron chi connectivity index (χ0n) is 28.9. The summed E-state index contributed by atoms with van der Waals surface area (Å²) in [5.74, 6) is -2.10. The van der Waals surface area contributed by atoms with E-state index in [1.807, 2.05) is 14.0 Å². The molecule has 2 aliphatic rings. The Bertz CT molecular complexity index is 1410.